The highest BCUT2D eigenvalue weighted by Gasteiger charge is 2.28. The van der Waals surface area contributed by atoms with E-state index in [1.165, 1.54) is 5.54 Å². The third kappa shape index (κ3) is 3.81. The molecule has 0 aromatic heterocycles. The molecule has 2 aromatic rings. The minimum Gasteiger partial charge on any atom is -0.496 e. The van der Waals surface area contributed by atoms with E-state index in [-0.39, 0.29) is 11.9 Å². The van der Waals surface area contributed by atoms with Crippen molar-refractivity contribution in [2.75, 3.05) is 7.11 Å². The summed E-state index contributed by atoms with van der Waals surface area (Å²) in [6.45, 7) is 0. The molecule has 0 aliphatic carbocycles. The van der Waals surface area contributed by atoms with Crippen LogP contribution in [-0.4, -0.2) is 15.5 Å². The Morgan fingerprint density at radius 2 is 2.12 bits per heavy atom. The van der Waals surface area contributed by atoms with Crippen molar-refractivity contribution < 1.29 is 17.9 Å². The highest BCUT2D eigenvalue weighted by atomic mass is 35.5. The van der Waals surface area contributed by atoms with Gasteiger partial charge in [0.2, 0.25) is 10.0 Å². The number of sulfonamides is 1. The van der Waals surface area contributed by atoms with Crippen LogP contribution in [0, 0.1) is 0 Å². The van der Waals surface area contributed by atoms with Gasteiger partial charge in [-0.25, -0.2) is 13.6 Å². The Morgan fingerprint density at radius 3 is 2.80 bits per heavy atom. The predicted octanol–water partition coefficient (Wildman–Crippen LogP) is 3.73. The van der Waals surface area contributed by atoms with Gasteiger partial charge >= 0.3 is 0 Å². The molecule has 0 saturated heterocycles. The zero-order chi connectivity index (χ0) is 18.0. The molecule has 25 heavy (non-hydrogen) atoms. The fourth-order valence-corrected chi connectivity index (χ4v) is 3.79. The van der Waals surface area contributed by atoms with E-state index in [0.717, 1.165) is 22.4 Å². The van der Waals surface area contributed by atoms with Crippen LogP contribution in [0.4, 0.5) is 0 Å². The second-order valence-corrected chi connectivity index (χ2v) is 7.63. The second-order valence-electron chi connectivity index (χ2n) is 5.77. The Morgan fingerprint density at radius 1 is 1.32 bits per heavy atom. The monoisotopic (exact) mass is 379 g/mol. The van der Waals surface area contributed by atoms with Gasteiger partial charge < -0.3 is 9.47 Å². The summed E-state index contributed by atoms with van der Waals surface area (Å²) in [5, 5.41) is 5.17. The molecular weight excluding hydrogens is 362 g/mol. The molecule has 132 valence electrons. The summed E-state index contributed by atoms with van der Waals surface area (Å²) in [4.78, 5) is 0. The SMILES string of the molecule is COc1cccc2c1-c1ccc(CS(N)(=O)=O)cc1C(C/C=C/Cl)O2. The smallest absolute Gasteiger partial charge is 0.213 e. The molecule has 2 N–H and O–H groups in total. The van der Waals surface area contributed by atoms with Crippen LogP contribution in [0.15, 0.2) is 48.0 Å². The molecule has 0 bridgehead atoms. The average molecular weight is 380 g/mol. The van der Waals surface area contributed by atoms with Crippen LogP contribution in [0.1, 0.15) is 23.7 Å². The highest BCUT2D eigenvalue weighted by Crippen LogP contribution is 2.48. The summed E-state index contributed by atoms with van der Waals surface area (Å²) in [5.41, 5.74) is 4.74. The maximum atomic E-state index is 11.4. The quantitative estimate of drug-likeness (QED) is 0.858. The molecule has 1 unspecified atom stereocenters. The standard InChI is InChI=1S/C18H18ClNO4S/c1-23-16-4-2-5-17-18(16)13-8-7-12(11-25(20,21)22)10-14(13)15(24-17)6-3-9-19/h2-5,7-10,15H,6,11H2,1H3,(H2,20,21,22)/b9-3+. The van der Waals surface area contributed by atoms with Gasteiger partial charge in [0.25, 0.3) is 0 Å². The van der Waals surface area contributed by atoms with Crippen molar-refractivity contribution in [1.29, 1.82) is 0 Å². The average Bonchev–Trinajstić information content (AvgIpc) is 2.57. The number of benzene rings is 2. The molecule has 0 fully saturated rings. The van der Waals surface area contributed by atoms with Gasteiger partial charge in [-0.15, -0.1) is 0 Å². The van der Waals surface area contributed by atoms with Crippen molar-refractivity contribution in [3.8, 4) is 22.6 Å². The number of methoxy groups -OCH3 is 1. The summed E-state index contributed by atoms with van der Waals surface area (Å²) in [7, 11) is -2.01. The lowest BCUT2D eigenvalue weighted by Gasteiger charge is -2.29. The summed E-state index contributed by atoms with van der Waals surface area (Å²) in [6.07, 6.45) is 2.09. The molecule has 1 heterocycles. The van der Waals surface area contributed by atoms with Gasteiger partial charge in [0.15, 0.2) is 0 Å². The first-order chi connectivity index (χ1) is 11.9. The predicted molar refractivity (Wildman–Crippen MR) is 98.2 cm³/mol. The van der Waals surface area contributed by atoms with Crippen molar-refractivity contribution in [2.24, 2.45) is 5.14 Å². The number of primary sulfonamides is 1. The van der Waals surface area contributed by atoms with Crippen LogP contribution < -0.4 is 14.6 Å². The van der Waals surface area contributed by atoms with Crippen LogP contribution in [0.25, 0.3) is 11.1 Å². The Bertz CT molecular complexity index is 925. The molecule has 1 aliphatic rings. The summed E-state index contributed by atoms with van der Waals surface area (Å²) < 4.78 is 34.4. The van der Waals surface area contributed by atoms with Gasteiger partial charge in [0, 0.05) is 17.5 Å². The third-order valence-corrected chi connectivity index (χ3v) is 4.93. The van der Waals surface area contributed by atoms with E-state index in [1.807, 2.05) is 30.3 Å². The second kappa shape index (κ2) is 7.07. The number of nitrogens with two attached hydrogens (primary N) is 1. The number of fused-ring (bicyclic) bond motifs is 3. The largest absolute Gasteiger partial charge is 0.496 e. The van der Waals surface area contributed by atoms with E-state index >= 15 is 0 Å². The molecular formula is C18H18ClNO4S. The van der Waals surface area contributed by atoms with E-state index in [1.54, 1.807) is 19.3 Å². The van der Waals surface area contributed by atoms with Gasteiger partial charge in [0.1, 0.15) is 17.6 Å². The van der Waals surface area contributed by atoms with E-state index in [4.69, 9.17) is 26.2 Å². The maximum Gasteiger partial charge on any atom is 0.213 e. The Labute approximate surface area is 152 Å². The van der Waals surface area contributed by atoms with E-state index in [2.05, 4.69) is 0 Å². The molecule has 7 heteroatoms. The zero-order valence-electron chi connectivity index (χ0n) is 13.6. The first-order valence-electron chi connectivity index (χ1n) is 7.65. The zero-order valence-corrected chi connectivity index (χ0v) is 15.2. The van der Waals surface area contributed by atoms with Gasteiger partial charge in [-0.3, -0.25) is 0 Å². The van der Waals surface area contributed by atoms with Crippen LogP contribution in [0.5, 0.6) is 11.5 Å². The number of hydrogen-bond donors (Lipinski definition) is 1. The summed E-state index contributed by atoms with van der Waals surface area (Å²) in [5.74, 6) is 1.19. The highest BCUT2D eigenvalue weighted by molar-refractivity contribution is 7.88. The topological polar surface area (TPSA) is 78.6 Å². The van der Waals surface area contributed by atoms with Crippen molar-refractivity contribution >= 4 is 21.6 Å². The van der Waals surface area contributed by atoms with Crippen molar-refractivity contribution in [2.45, 2.75) is 18.3 Å². The van der Waals surface area contributed by atoms with E-state index in [0.29, 0.717) is 17.7 Å². The van der Waals surface area contributed by atoms with E-state index < -0.39 is 10.0 Å². The third-order valence-electron chi connectivity index (χ3n) is 4.02. The van der Waals surface area contributed by atoms with Crippen LogP contribution >= 0.6 is 11.6 Å². The molecule has 2 aromatic carbocycles. The lowest BCUT2D eigenvalue weighted by Crippen LogP contribution is -2.17. The normalized spacial score (nSPS) is 16.2. The number of halogens is 1. The number of hydrogen-bond acceptors (Lipinski definition) is 4. The first-order valence-corrected chi connectivity index (χ1v) is 9.80. The molecule has 3 rings (SSSR count). The lowest BCUT2D eigenvalue weighted by atomic mass is 9.89. The fourth-order valence-electron chi connectivity index (χ4n) is 3.04. The maximum absolute atomic E-state index is 11.4. The fraction of sp³-hybridized carbons (Fsp3) is 0.222. The molecule has 0 spiro atoms. The number of ether oxygens (including phenoxy) is 2. The van der Waals surface area contributed by atoms with Crippen molar-refractivity contribution in [3.05, 3.63) is 59.1 Å². The minimum absolute atomic E-state index is 0.225. The number of rotatable bonds is 5. The van der Waals surface area contributed by atoms with Crippen LogP contribution in [-0.2, 0) is 15.8 Å². The van der Waals surface area contributed by atoms with Crippen molar-refractivity contribution in [3.63, 3.8) is 0 Å². The van der Waals surface area contributed by atoms with Gasteiger partial charge in [-0.1, -0.05) is 41.9 Å². The van der Waals surface area contributed by atoms with Gasteiger partial charge in [-0.2, -0.15) is 0 Å². The van der Waals surface area contributed by atoms with Crippen molar-refractivity contribution in [1.82, 2.24) is 0 Å². The molecule has 1 aliphatic heterocycles. The Balaban J connectivity index is 2.15. The Kier molecular flexibility index (Phi) is 5.03. The lowest BCUT2D eigenvalue weighted by molar-refractivity contribution is 0.205. The molecule has 1 atom stereocenters. The molecule has 0 saturated carbocycles. The van der Waals surface area contributed by atoms with Crippen LogP contribution in [0.3, 0.4) is 0 Å². The Hall–Kier alpha value is -2.02. The van der Waals surface area contributed by atoms with Gasteiger partial charge in [-0.05, 0) is 23.3 Å². The molecule has 5 nitrogen and oxygen atoms in total. The van der Waals surface area contributed by atoms with Crippen LogP contribution in [0.2, 0.25) is 0 Å². The summed E-state index contributed by atoms with van der Waals surface area (Å²) >= 11 is 5.66. The first kappa shape index (κ1) is 17.8. The summed E-state index contributed by atoms with van der Waals surface area (Å²) in [6, 6.07) is 11.1. The minimum atomic E-state index is -3.61. The van der Waals surface area contributed by atoms with Gasteiger partial charge in [0.05, 0.1) is 18.4 Å². The molecule has 0 radical (unpaired) electrons. The molecule has 0 amide bonds. The van der Waals surface area contributed by atoms with E-state index in [9.17, 15) is 8.42 Å².